The first-order valence-electron chi connectivity index (χ1n) is 10.7. The minimum Gasteiger partial charge on any atom is -0.335 e. The first kappa shape index (κ1) is 21.2. The van der Waals surface area contributed by atoms with Crippen LogP contribution in [0.15, 0.2) is 71.6 Å². The lowest BCUT2D eigenvalue weighted by Gasteiger charge is -2.21. The maximum absolute atomic E-state index is 13.5. The van der Waals surface area contributed by atoms with Crippen molar-refractivity contribution in [1.82, 2.24) is 10.6 Å². The average molecular weight is 462 g/mol. The molecule has 7 nitrogen and oxygen atoms in total. The van der Waals surface area contributed by atoms with Gasteiger partial charge < -0.3 is 15.5 Å². The quantitative estimate of drug-likeness (QED) is 0.623. The molecular weight excluding hydrogens is 438 g/mol. The second-order valence-electron chi connectivity index (χ2n) is 8.26. The normalized spacial score (nSPS) is 17.4. The van der Waals surface area contributed by atoms with Crippen molar-refractivity contribution < 1.29 is 18.0 Å². The van der Waals surface area contributed by atoms with Crippen molar-refractivity contribution in [3.8, 4) is 11.1 Å². The summed E-state index contributed by atoms with van der Waals surface area (Å²) in [6.45, 7) is 2.44. The first-order valence-corrected chi connectivity index (χ1v) is 12.3. The number of hydrogen-bond donors (Lipinski definition) is 2. The second-order valence-corrected chi connectivity index (χ2v) is 10.4. The molecule has 1 unspecified atom stereocenters. The lowest BCUT2D eigenvalue weighted by Crippen LogP contribution is -2.35. The molecule has 2 aliphatic rings. The Balaban J connectivity index is 1.63. The number of hydrogen-bond acceptors (Lipinski definition) is 4. The van der Waals surface area contributed by atoms with E-state index in [2.05, 4.69) is 10.6 Å². The van der Waals surface area contributed by atoms with Crippen LogP contribution in [0.25, 0.3) is 11.1 Å². The molecule has 1 saturated heterocycles. The summed E-state index contributed by atoms with van der Waals surface area (Å²) in [4.78, 5) is 26.7. The first-order chi connectivity index (χ1) is 15.9. The Morgan fingerprint density at radius 2 is 1.73 bits per heavy atom. The average Bonchev–Trinajstić information content (AvgIpc) is 3.46. The Morgan fingerprint density at radius 1 is 1.00 bits per heavy atom. The van der Waals surface area contributed by atoms with E-state index in [9.17, 15) is 18.0 Å². The Morgan fingerprint density at radius 3 is 2.39 bits per heavy atom. The molecule has 2 heterocycles. The van der Waals surface area contributed by atoms with Crippen LogP contribution in [0.5, 0.6) is 0 Å². The van der Waals surface area contributed by atoms with Crippen molar-refractivity contribution in [2.24, 2.45) is 0 Å². The summed E-state index contributed by atoms with van der Waals surface area (Å²) in [7, 11) is -3.86. The predicted molar refractivity (Wildman–Crippen MR) is 126 cm³/mol. The lowest BCUT2D eigenvalue weighted by molar-refractivity contribution is 0.0989. The van der Waals surface area contributed by atoms with Crippen LogP contribution in [0, 0.1) is 6.92 Å². The molecule has 3 aromatic carbocycles. The van der Waals surface area contributed by atoms with Crippen LogP contribution >= 0.6 is 0 Å². The van der Waals surface area contributed by atoms with Crippen LogP contribution in [-0.2, 0) is 16.3 Å². The minimum atomic E-state index is -3.86. The topological polar surface area (TPSA) is 95.6 Å². The van der Waals surface area contributed by atoms with Gasteiger partial charge in [-0.2, -0.15) is 0 Å². The number of aryl methyl sites for hydroxylation is 1. The van der Waals surface area contributed by atoms with E-state index in [0.29, 0.717) is 29.8 Å². The smallest absolute Gasteiger partial charge is 0.315 e. The predicted octanol–water partition coefficient (Wildman–Crippen LogP) is 3.28. The maximum Gasteiger partial charge on any atom is 0.315 e. The summed E-state index contributed by atoms with van der Waals surface area (Å²) in [5, 5.41) is 3.96. The van der Waals surface area contributed by atoms with Gasteiger partial charge in [0.1, 0.15) is 0 Å². The minimum absolute atomic E-state index is 0.00448. The number of carbonyl (C=O) groups excluding carboxylic acids is 2. The molecule has 168 valence electrons. The molecule has 0 saturated carbocycles. The number of carbonyl (C=O) groups is 2. The standard InChI is InChI=1S/C25H23N3O4S/c1-16-7-9-18(10-8-16)24(29)28-14-13-19-20(28)11-12-21(23(19)17-5-3-2-4-6-17)33(31,32)22-15-26-25(30)27-22/h2-12,22H,13-15H2,1H3,(H2,26,27,30). The van der Waals surface area contributed by atoms with Crippen molar-refractivity contribution in [1.29, 1.82) is 0 Å². The van der Waals surface area contributed by atoms with Crippen LogP contribution in [0.1, 0.15) is 21.5 Å². The summed E-state index contributed by atoms with van der Waals surface area (Å²) in [6, 6.07) is 19.5. The van der Waals surface area contributed by atoms with Crippen LogP contribution in [0.2, 0.25) is 0 Å². The molecule has 0 radical (unpaired) electrons. The van der Waals surface area contributed by atoms with E-state index < -0.39 is 21.2 Å². The van der Waals surface area contributed by atoms with E-state index in [1.54, 1.807) is 17.0 Å². The third-order valence-electron chi connectivity index (χ3n) is 6.15. The van der Waals surface area contributed by atoms with E-state index in [1.807, 2.05) is 61.5 Å². The third-order valence-corrected chi connectivity index (χ3v) is 8.14. The number of nitrogens with one attached hydrogen (secondary N) is 2. The van der Waals surface area contributed by atoms with Gasteiger partial charge in [0.2, 0.25) is 9.84 Å². The molecule has 0 spiro atoms. The molecule has 3 amide bonds. The summed E-state index contributed by atoms with van der Waals surface area (Å²) in [6.07, 6.45) is 0.537. The highest BCUT2D eigenvalue weighted by molar-refractivity contribution is 7.92. The molecule has 1 fully saturated rings. The Kier molecular flexibility index (Phi) is 5.17. The van der Waals surface area contributed by atoms with Crippen molar-refractivity contribution in [3.05, 3.63) is 83.4 Å². The van der Waals surface area contributed by atoms with Gasteiger partial charge in [0.25, 0.3) is 5.91 Å². The highest BCUT2D eigenvalue weighted by Gasteiger charge is 2.38. The van der Waals surface area contributed by atoms with Crippen molar-refractivity contribution in [3.63, 3.8) is 0 Å². The summed E-state index contributed by atoms with van der Waals surface area (Å²) < 4.78 is 27.0. The van der Waals surface area contributed by atoms with Gasteiger partial charge in [0.05, 0.1) is 11.4 Å². The fourth-order valence-electron chi connectivity index (χ4n) is 4.46. The largest absolute Gasteiger partial charge is 0.335 e. The fraction of sp³-hybridized carbons (Fsp3) is 0.200. The van der Waals surface area contributed by atoms with Crippen LogP contribution in [0.4, 0.5) is 10.5 Å². The maximum atomic E-state index is 13.5. The highest BCUT2D eigenvalue weighted by Crippen LogP contribution is 2.41. The van der Waals surface area contributed by atoms with Gasteiger partial charge in [-0.3, -0.25) is 4.79 Å². The van der Waals surface area contributed by atoms with E-state index in [1.165, 1.54) is 0 Å². The number of urea groups is 1. The van der Waals surface area contributed by atoms with Crippen LogP contribution in [0.3, 0.4) is 0 Å². The molecule has 0 aromatic heterocycles. The molecule has 8 heteroatoms. The molecule has 0 bridgehead atoms. The lowest BCUT2D eigenvalue weighted by atomic mass is 9.97. The highest BCUT2D eigenvalue weighted by atomic mass is 32.2. The molecule has 3 aromatic rings. The second kappa shape index (κ2) is 8.04. The zero-order valence-corrected chi connectivity index (χ0v) is 18.9. The number of fused-ring (bicyclic) bond motifs is 1. The SMILES string of the molecule is Cc1ccc(C(=O)N2CCc3c2ccc(S(=O)(=O)C2CNC(=O)N2)c3-c2ccccc2)cc1. The monoisotopic (exact) mass is 461 g/mol. The molecular formula is C25H23N3O4S. The third kappa shape index (κ3) is 3.66. The fourth-order valence-corrected chi connectivity index (χ4v) is 6.12. The van der Waals surface area contributed by atoms with E-state index in [0.717, 1.165) is 16.7 Å². The number of amides is 3. The zero-order valence-electron chi connectivity index (χ0n) is 18.0. The summed E-state index contributed by atoms with van der Waals surface area (Å²) in [5.74, 6) is -0.115. The molecule has 2 N–H and O–H groups in total. The molecule has 0 aliphatic carbocycles. The summed E-state index contributed by atoms with van der Waals surface area (Å²) in [5.41, 5.74) is 4.55. The number of nitrogens with zero attached hydrogens (tertiary/aromatic N) is 1. The van der Waals surface area contributed by atoms with E-state index in [-0.39, 0.29) is 17.3 Å². The molecule has 2 aliphatic heterocycles. The number of rotatable bonds is 4. The van der Waals surface area contributed by atoms with Crippen LogP contribution < -0.4 is 15.5 Å². The van der Waals surface area contributed by atoms with Gasteiger partial charge >= 0.3 is 6.03 Å². The Hall–Kier alpha value is -3.65. The zero-order chi connectivity index (χ0) is 23.2. The van der Waals surface area contributed by atoms with Gasteiger partial charge in [-0.1, -0.05) is 48.0 Å². The molecule has 5 rings (SSSR count). The Bertz CT molecular complexity index is 1350. The van der Waals surface area contributed by atoms with Gasteiger partial charge in [-0.15, -0.1) is 0 Å². The number of anilines is 1. The van der Waals surface area contributed by atoms with Crippen molar-refractivity contribution >= 4 is 27.5 Å². The van der Waals surface area contributed by atoms with E-state index >= 15 is 0 Å². The Labute approximate surface area is 192 Å². The van der Waals surface area contributed by atoms with Crippen LogP contribution in [-0.4, -0.2) is 38.8 Å². The van der Waals surface area contributed by atoms with Gasteiger partial charge in [-0.25, -0.2) is 13.2 Å². The summed E-state index contributed by atoms with van der Waals surface area (Å²) >= 11 is 0. The number of benzene rings is 3. The van der Waals surface area contributed by atoms with Crippen molar-refractivity contribution in [2.75, 3.05) is 18.0 Å². The van der Waals surface area contributed by atoms with Gasteiger partial charge in [-0.05, 0) is 48.7 Å². The molecule has 1 atom stereocenters. The van der Waals surface area contributed by atoms with Crippen molar-refractivity contribution in [2.45, 2.75) is 23.6 Å². The van der Waals surface area contributed by atoms with Gasteiger partial charge in [0.15, 0.2) is 5.37 Å². The molecule has 33 heavy (non-hydrogen) atoms. The van der Waals surface area contributed by atoms with E-state index in [4.69, 9.17) is 0 Å². The van der Waals surface area contributed by atoms with Gasteiger partial charge in [0, 0.05) is 23.4 Å². The number of sulfone groups is 1.